The van der Waals surface area contributed by atoms with Crippen molar-refractivity contribution in [3.05, 3.63) is 52.0 Å². The van der Waals surface area contributed by atoms with Crippen LogP contribution in [0, 0.1) is 0 Å². The molecule has 1 amide bonds. The molecule has 1 aromatic heterocycles. The molecular weight excluding hydrogens is 308 g/mol. The van der Waals surface area contributed by atoms with E-state index in [4.69, 9.17) is 11.5 Å². The quantitative estimate of drug-likeness (QED) is 0.805. The molecule has 98 valence electrons. The highest BCUT2D eigenvalue weighted by Gasteiger charge is 2.08. The summed E-state index contributed by atoms with van der Waals surface area (Å²) in [6.45, 7) is 0.344. The summed E-state index contributed by atoms with van der Waals surface area (Å²) >= 11 is 3.34. The van der Waals surface area contributed by atoms with Gasteiger partial charge < -0.3 is 16.8 Å². The first-order valence-corrected chi connectivity index (χ1v) is 6.40. The molecule has 0 radical (unpaired) electrons. The smallest absolute Gasteiger partial charge is 0.252 e. The number of halogens is 1. The topological polar surface area (TPSA) is 94.0 Å². The van der Waals surface area contributed by atoms with Gasteiger partial charge in [0.1, 0.15) is 11.6 Å². The minimum absolute atomic E-state index is 0.165. The van der Waals surface area contributed by atoms with Crippen LogP contribution < -0.4 is 16.8 Å². The van der Waals surface area contributed by atoms with E-state index in [-0.39, 0.29) is 5.91 Å². The van der Waals surface area contributed by atoms with Crippen molar-refractivity contribution in [3.63, 3.8) is 0 Å². The number of amides is 1. The summed E-state index contributed by atoms with van der Waals surface area (Å²) in [6.07, 6.45) is 0. The summed E-state index contributed by atoms with van der Waals surface area (Å²) in [7, 11) is 0. The Morgan fingerprint density at radius 2 is 1.84 bits per heavy atom. The van der Waals surface area contributed by atoms with Crippen molar-refractivity contribution in [2.24, 2.45) is 0 Å². The summed E-state index contributed by atoms with van der Waals surface area (Å²) in [5, 5.41) is 2.80. The van der Waals surface area contributed by atoms with E-state index >= 15 is 0 Å². The first-order valence-electron chi connectivity index (χ1n) is 5.61. The minimum atomic E-state index is -0.165. The van der Waals surface area contributed by atoms with Crippen LogP contribution in [0.15, 0.2) is 40.9 Å². The zero-order valence-electron chi connectivity index (χ0n) is 10.1. The van der Waals surface area contributed by atoms with Gasteiger partial charge in [0.2, 0.25) is 0 Å². The summed E-state index contributed by atoms with van der Waals surface area (Å²) in [4.78, 5) is 15.9. The fraction of sp³-hybridized carbons (Fsp3) is 0.0769. The molecule has 0 aliphatic carbocycles. The molecule has 0 saturated heterocycles. The third-order valence-electron chi connectivity index (χ3n) is 2.50. The molecule has 5 nitrogen and oxygen atoms in total. The van der Waals surface area contributed by atoms with Crippen LogP contribution in [0.4, 0.5) is 11.6 Å². The first kappa shape index (κ1) is 13.4. The minimum Gasteiger partial charge on any atom is -0.384 e. The Morgan fingerprint density at radius 3 is 2.47 bits per heavy atom. The van der Waals surface area contributed by atoms with E-state index < -0.39 is 0 Å². The Balaban J connectivity index is 2.07. The number of carbonyl (C=O) groups is 1. The average molecular weight is 321 g/mol. The summed E-state index contributed by atoms with van der Waals surface area (Å²) in [5.41, 5.74) is 12.6. The monoisotopic (exact) mass is 320 g/mol. The number of aromatic nitrogens is 1. The van der Waals surface area contributed by atoms with Gasteiger partial charge in [0.05, 0.1) is 5.56 Å². The van der Waals surface area contributed by atoms with Crippen molar-refractivity contribution in [3.8, 4) is 0 Å². The molecule has 0 spiro atoms. The number of carbonyl (C=O) groups excluding carboxylic acids is 1. The second kappa shape index (κ2) is 5.71. The molecule has 0 fully saturated rings. The van der Waals surface area contributed by atoms with Crippen LogP contribution in [0.5, 0.6) is 0 Å². The molecule has 5 N–H and O–H groups in total. The number of nitrogens with zero attached hydrogens (tertiary/aromatic N) is 1. The predicted octanol–water partition coefficient (Wildman–Crippen LogP) is 1.94. The predicted molar refractivity (Wildman–Crippen MR) is 78.4 cm³/mol. The van der Waals surface area contributed by atoms with E-state index in [0.29, 0.717) is 23.7 Å². The molecule has 0 unspecified atom stereocenters. The average Bonchev–Trinajstić information content (AvgIpc) is 2.35. The van der Waals surface area contributed by atoms with Gasteiger partial charge in [-0.05, 0) is 45.8 Å². The molecule has 1 aromatic carbocycles. The second-order valence-electron chi connectivity index (χ2n) is 3.99. The standard InChI is InChI=1S/C13H13BrN4O/c14-10-4-2-1-3-9(10)13(19)17-7-8-5-11(15)18-12(16)6-8/h1-6H,7H2,(H,17,19)(H4,15,16,18). The summed E-state index contributed by atoms with van der Waals surface area (Å²) in [5.74, 6) is 0.511. The Bertz CT molecular complexity index is 595. The van der Waals surface area contributed by atoms with Crippen LogP contribution in [0.1, 0.15) is 15.9 Å². The second-order valence-corrected chi connectivity index (χ2v) is 4.84. The van der Waals surface area contributed by atoms with Gasteiger partial charge in [-0.2, -0.15) is 0 Å². The molecule has 1 heterocycles. The molecule has 0 atom stereocenters. The maximum Gasteiger partial charge on any atom is 0.252 e. The fourth-order valence-electron chi connectivity index (χ4n) is 1.66. The third kappa shape index (κ3) is 3.45. The molecule has 0 saturated carbocycles. The Kier molecular flexibility index (Phi) is 4.01. The van der Waals surface area contributed by atoms with E-state index in [1.54, 1.807) is 18.2 Å². The van der Waals surface area contributed by atoms with E-state index in [0.717, 1.165) is 10.0 Å². The maximum atomic E-state index is 12.0. The molecule has 2 aromatic rings. The normalized spacial score (nSPS) is 10.2. The first-order chi connectivity index (χ1) is 9.06. The van der Waals surface area contributed by atoms with Crippen LogP contribution in [-0.4, -0.2) is 10.9 Å². The number of rotatable bonds is 3. The Hall–Kier alpha value is -2.08. The van der Waals surface area contributed by atoms with E-state index in [2.05, 4.69) is 26.2 Å². The molecule has 6 heteroatoms. The van der Waals surface area contributed by atoms with E-state index in [1.165, 1.54) is 0 Å². The van der Waals surface area contributed by atoms with Crippen LogP contribution in [-0.2, 0) is 6.54 Å². The third-order valence-corrected chi connectivity index (χ3v) is 3.19. The number of pyridine rings is 1. The SMILES string of the molecule is Nc1cc(CNC(=O)c2ccccc2Br)cc(N)n1. The molecule has 0 bridgehead atoms. The van der Waals surface area contributed by atoms with Gasteiger partial charge in [-0.15, -0.1) is 0 Å². The van der Waals surface area contributed by atoms with Gasteiger partial charge in [-0.3, -0.25) is 4.79 Å². The Labute approximate surface area is 119 Å². The largest absolute Gasteiger partial charge is 0.384 e. The molecule has 0 aliphatic rings. The van der Waals surface area contributed by atoms with Crippen LogP contribution in [0.3, 0.4) is 0 Å². The van der Waals surface area contributed by atoms with Crippen molar-refractivity contribution >= 4 is 33.5 Å². The fourth-order valence-corrected chi connectivity index (χ4v) is 2.13. The number of nitrogens with two attached hydrogens (primary N) is 2. The highest BCUT2D eigenvalue weighted by Crippen LogP contribution is 2.16. The van der Waals surface area contributed by atoms with E-state index in [9.17, 15) is 4.79 Å². The van der Waals surface area contributed by atoms with Gasteiger partial charge >= 0.3 is 0 Å². The van der Waals surface area contributed by atoms with Gasteiger partial charge in [0, 0.05) is 11.0 Å². The molecule has 2 rings (SSSR count). The maximum absolute atomic E-state index is 12.0. The van der Waals surface area contributed by atoms with Gasteiger partial charge in [-0.1, -0.05) is 12.1 Å². The van der Waals surface area contributed by atoms with Crippen LogP contribution >= 0.6 is 15.9 Å². The van der Waals surface area contributed by atoms with E-state index in [1.807, 2.05) is 18.2 Å². The van der Waals surface area contributed by atoms with Gasteiger partial charge in [-0.25, -0.2) is 4.98 Å². The number of nitrogens with one attached hydrogen (secondary N) is 1. The lowest BCUT2D eigenvalue weighted by Gasteiger charge is -2.08. The van der Waals surface area contributed by atoms with Crippen molar-refractivity contribution < 1.29 is 4.79 Å². The lowest BCUT2D eigenvalue weighted by molar-refractivity contribution is 0.0950. The van der Waals surface area contributed by atoms with Gasteiger partial charge in [0.15, 0.2) is 0 Å². The molecule has 19 heavy (non-hydrogen) atoms. The number of hydrogen-bond acceptors (Lipinski definition) is 4. The van der Waals surface area contributed by atoms with Crippen molar-refractivity contribution in [1.82, 2.24) is 10.3 Å². The number of nitrogen functional groups attached to an aromatic ring is 2. The highest BCUT2D eigenvalue weighted by molar-refractivity contribution is 9.10. The highest BCUT2D eigenvalue weighted by atomic mass is 79.9. The van der Waals surface area contributed by atoms with Crippen molar-refractivity contribution in [1.29, 1.82) is 0 Å². The lowest BCUT2D eigenvalue weighted by Crippen LogP contribution is -2.23. The summed E-state index contributed by atoms with van der Waals surface area (Å²) < 4.78 is 0.751. The van der Waals surface area contributed by atoms with Crippen LogP contribution in [0.2, 0.25) is 0 Å². The number of hydrogen-bond donors (Lipinski definition) is 3. The number of benzene rings is 1. The number of anilines is 2. The zero-order chi connectivity index (χ0) is 13.8. The van der Waals surface area contributed by atoms with Crippen molar-refractivity contribution in [2.45, 2.75) is 6.54 Å². The Morgan fingerprint density at radius 1 is 1.21 bits per heavy atom. The van der Waals surface area contributed by atoms with Crippen molar-refractivity contribution in [2.75, 3.05) is 11.5 Å². The van der Waals surface area contributed by atoms with Crippen LogP contribution in [0.25, 0.3) is 0 Å². The lowest BCUT2D eigenvalue weighted by atomic mass is 10.2. The molecule has 0 aliphatic heterocycles. The van der Waals surface area contributed by atoms with Gasteiger partial charge in [0.25, 0.3) is 5.91 Å². The molecular formula is C13H13BrN4O. The summed E-state index contributed by atoms with van der Waals surface area (Å²) in [6, 6.07) is 10.6. The zero-order valence-corrected chi connectivity index (χ0v) is 11.6.